The molecule has 0 spiro atoms. The van der Waals surface area contributed by atoms with Crippen LogP contribution in [0.3, 0.4) is 0 Å². The number of hydrogen-bond donors (Lipinski definition) is 2. The minimum atomic E-state index is -1.42. The van der Waals surface area contributed by atoms with Gasteiger partial charge in [0.2, 0.25) is 5.79 Å². The van der Waals surface area contributed by atoms with Crippen molar-refractivity contribution in [3.63, 3.8) is 0 Å². The van der Waals surface area contributed by atoms with Gasteiger partial charge in [0.25, 0.3) is 0 Å². The second-order valence-electron chi connectivity index (χ2n) is 7.34. The Hall–Kier alpha value is -0.970. The first-order valence-corrected chi connectivity index (χ1v) is 8.69. The van der Waals surface area contributed by atoms with E-state index in [1.807, 2.05) is 34.6 Å². The molecule has 1 aliphatic heterocycles. The minimum Gasteiger partial charge on any atom is -0.361 e. The summed E-state index contributed by atoms with van der Waals surface area (Å²) in [6.07, 6.45) is 3.07. The fourth-order valence-electron chi connectivity index (χ4n) is 3.33. The van der Waals surface area contributed by atoms with Gasteiger partial charge in [-0.15, -0.1) is 0 Å². The van der Waals surface area contributed by atoms with Crippen molar-refractivity contribution in [2.24, 2.45) is 0 Å². The van der Waals surface area contributed by atoms with E-state index in [-0.39, 0.29) is 17.4 Å². The number of aryl methyl sites for hydroxylation is 2. The third-order valence-corrected chi connectivity index (χ3v) is 4.52. The van der Waals surface area contributed by atoms with E-state index in [4.69, 9.17) is 4.74 Å². The zero-order chi connectivity index (χ0) is 17.3. The molecule has 2 atom stereocenters. The van der Waals surface area contributed by atoms with Crippen molar-refractivity contribution >= 4 is 0 Å². The molecule has 2 unspecified atom stereocenters. The van der Waals surface area contributed by atoms with E-state index >= 15 is 0 Å². The monoisotopic (exact) mass is 323 g/mol. The van der Waals surface area contributed by atoms with Crippen LogP contribution in [0.2, 0.25) is 0 Å². The molecule has 0 amide bonds. The molecule has 1 fully saturated rings. The lowest BCUT2D eigenvalue weighted by atomic mass is 9.89. The molecule has 3 nitrogen and oxygen atoms in total. The van der Waals surface area contributed by atoms with E-state index < -0.39 is 5.79 Å². The molecule has 1 aromatic carbocycles. The highest BCUT2D eigenvalue weighted by Crippen LogP contribution is 2.35. The summed E-state index contributed by atoms with van der Waals surface area (Å²) in [6, 6.07) is 3.27. The molecule has 2 rings (SSSR count). The lowest BCUT2D eigenvalue weighted by Gasteiger charge is -2.46. The maximum Gasteiger partial charge on any atom is 0.208 e. The molecular formula is C19H30FNO2. The van der Waals surface area contributed by atoms with Crippen molar-refractivity contribution in [2.75, 3.05) is 6.61 Å². The van der Waals surface area contributed by atoms with Crippen LogP contribution < -0.4 is 5.32 Å². The van der Waals surface area contributed by atoms with Gasteiger partial charge in [-0.05, 0) is 56.9 Å². The molecule has 1 aromatic rings. The molecule has 4 heteroatoms. The number of nitrogens with one attached hydrogen (secondary N) is 1. The summed E-state index contributed by atoms with van der Waals surface area (Å²) in [5, 5.41) is 14.5. The highest BCUT2D eigenvalue weighted by molar-refractivity contribution is 5.36. The Bertz CT molecular complexity index is 531. The van der Waals surface area contributed by atoms with Crippen LogP contribution in [0.4, 0.5) is 4.39 Å². The Morgan fingerprint density at radius 3 is 2.17 bits per heavy atom. The SMILES string of the molecule is CCCc1cc(C2(O)OCC(C)(C)NC2C)cc(CCC)c1F. The first-order chi connectivity index (χ1) is 10.7. The normalized spacial score (nSPS) is 27.2. The quantitative estimate of drug-likeness (QED) is 0.869. The molecule has 23 heavy (non-hydrogen) atoms. The summed E-state index contributed by atoms with van der Waals surface area (Å²) in [6.45, 7) is 10.5. The first kappa shape index (κ1) is 18.4. The number of morpholine rings is 1. The van der Waals surface area contributed by atoms with Crippen molar-refractivity contribution in [3.8, 4) is 0 Å². The van der Waals surface area contributed by atoms with Gasteiger partial charge in [0, 0.05) is 11.1 Å². The number of hydrogen-bond acceptors (Lipinski definition) is 3. The van der Waals surface area contributed by atoms with E-state index in [9.17, 15) is 9.50 Å². The number of benzene rings is 1. The molecule has 2 N–H and O–H groups in total. The number of rotatable bonds is 5. The molecule has 0 saturated carbocycles. The van der Waals surface area contributed by atoms with Gasteiger partial charge in [-0.25, -0.2) is 4.39 Å². The third kappa shape index (κ3) is 3.76. The van der Waals surface area contributed by atoms with E-state index in [2.05, 4.69) is 5.32 Å². The second-order valence-corrected chi connectivity index (χ2v) is 7.34. The maximum atomic E-state index is 14.6. The van der Waals surface area contributed by atoms with E-state index in [0.29, 0.717) is 36.1 Å². The summed E-state index contributed by atoms with van der Waals surface area (Å²) >= 11 is 0. The van der Waals surface area contributed by atoms with Crippen LogP contribution in [-0.4, -0.2) is 23.3 Å². The standard InChI is InChI=1S/C19H30FNO2/c1-6-8-14-10-16(11-15(9-7-2)17(14)20)19(22)13(3)21-18(4,5)12-23-19/h10-11,13,21-22H,6-9,12H2,1-5H3. The van der Waals surface area contributed by atoms with Gasteiger partial charge >= 0.3 is 0 Å². The molecule has 0 bridgehead atoms. The molecule has 1 aliphatic rings. The van der Waals surface area contributed by atoms with E-state index in [1.165, 1.54) is 0 Å². The topological polar surface area (TPSA) is 41.5 Å². The number of ether oxygens (including phenoxy) is 1. The minimum absolute atomic E-state index is 0.127. The predicted molar refractivity (Wildman–Crippen MR) is 90.9 cm³/mol. The predicted octanol–water partition coefficient (Wildman–Crippen LogP) is 3.66. The van der Waals surface area contributed by atoms with Crippen LogP contribution in [0.5, 0.6) is 0 Å². The number of aliphatic hydroxyl groups is 1. The summed E-state index contributed by atoms with van der Waals surface area (Å²) in [4.78, 5) is 0. The Labute approximate surface area is 139 Å². The molecule has 130 valence electrons. The van der Waals surface area contributed by atoms with Gasteiger partial charge in [-0.3, -0.25) is 0 Å². The fraction of sp³-hybridized carbons (Fsp3) is 0.684. The van der Waals surface area contributed by atoms with E-state index in [1.54, 1.807) is 12.1 Å². The van der Waals surface area contributed by atoms with Gasteiger partial charge in [0.15, 0.2) is 0 Å². The summed E-state index contributed by atoms with van der Waals surface area (Å²) < 4.78 is 20.5. The van der Waals surface area contributed by atoms with Crippen molar-refractivity contribution in [1.29, 1.82) is 0 Å². The highest BCUT2D eigenvalue weighted by atomic mass is 19.1. The molecule has 0 radical (unpaired) electrons. The second kappa shape index (κ2) is 6.88. The van der Waals surface area contributed by atoms with Crippen LogP contribution in [0.1, 0.15) is 64.2 Å². The smallest absolute Gasteiger partial charge is 0.208 e. The molecule has 1 saturated heterocycles. The van der Waals surface area contributed by atoms with Gasteiger partial charge in [0.1, 0.15) is 5.82 Å². The van der Waals surface area contributed by atoms with Crippen LogP contribution >= 0.6 is 0 Å². The van der Waals surface area contributed by atoms with Gasteiger partial charge in [-0.2, -0.15) is 0 Å². The molecular weight excluding hydrogens is 293 g/mol. The number of halogens is 1. The van der Waals surface area contributed by atoms with Gasteiger partial charge in [0.05, 0.1) is 12.6 Å². The van der Waals surface area contributed by atoms with Crippen molar-refractivity contribution < 1.29 is 14.2 Å². The maximum absolute atomic E-state index is 14.6. The van der Waals surface area contributed by atoms with Crippen LogP contribution in [-0.2, 0) is 23.4 Å². The average molecular weight is 323 g/mol. The highest BCUT2D eigenvalue weighted by Gasteiger charge is 2.45. The largest absolute Gasteiger partial charge is 0.361 e. The summed E-state index contributed by atoms with van der Waals surface area (Å²) in [5.74, 6) is -1.55. The van der Waals surface area contributed by atoms with Crippen molar-refractivity contribution in [3.05, 3.63) is 34.6 Å². The Balaban J connectivity index is 2.45. The van der Waals surface area contributed by atoms with Crippen LogP contribution in [0.25, 0.3) is 0 Å². The van der Waals surface area contributed by atoms with Gasteiger partial charge in [-0.1, -0.05) is 26.7 Å². The zero-order valence-electron chi connectivity index (χ0n) is 15.0. The third-order valence-electron chi connectivity index (χ3n) is 4.52. The Morgan fingerprint density at radius 2 is 1.74 bits per heavy atom. The van der Waals surface area contributed by atoms with Gasteiger partial charge < -0.3 is 15.2 Å². The van der Waals surface area contributed by atoms with E-state index in [0.717, 1.165) is 12.8 Å². The summed E-state index contributed by atoms with van der Waals surface area (Å²) in [7, 11) is 0. The Kier molecular flexibility index (Phi) is 5.49. The Morgan fingerprint density at radius 1 is 1.22 bits per heavy atom. The fourth-order valence-corrected chi connectivity index (χ4v) is 3.33. The van der Waals surface area contributed by atoms with Crippen molar-refractivity contribution in [2.45, 2.75) is 77.7 Å². The molecule has 1 heterocycles. The molecule has 0 aliphatic carbocycles. The first-order valence-electron chi connectivity index (χ1n) is 8.69. The van der Waals surface area contributed by atoms with Crippen LogP contribution in [0.15, 0.2) is 12.1 Å². The lowest BCUT2D eigenvalue weighted by Crippen LogP contribution is -2.63. The molecule has 0 aromatic heterocycles. The zero-order valence-corrected chi connectivity index (χ0v) is 15.0. The lowest BCUT2D eigenvalue weighted by molar-refractivity contribution is -0.263. The average Bonchev–Trinajstić information content (AvgIpc) is 2.47. The van der Waals surface area contributed by atoms with Crippen molar-refractivity contribution in [1.82, 2.24) is 5.32 Å². The summed E-state index contributed by atoms with van der Waals surface area (Å²) in [5.41, 5.74) is 1.80. The van der Waals surface area contributed by atoms with Crippen LogP contribution in [0, 0.1) is 5.82 Å².